The van der Waals surface area contributed by atoms with Gasteiger partial charge in [-0.15, -0.1) is 0 Å². The van der Waals surface area contributed by atoms with Crippen molar-refractivity contribution in [1.82, 2.24) is 0 Å². The minimum absolute atomic E-state index is 0.0407. The summed E-state index contributed by atoms with van der Waals surface area (Å²) in [7, 11) is 1.82. The molecule has 2 rings (SSSR count). The number of hydrogen-bond acceptors (Lipinski definition) is 2. The summed E-state index contributed by atoms with van der Waals surface area (Å²) in [4.78, 5) is 15.0. The first-order valence-corrected chi connectivity index (χ1v) is 8.09. The summed E-state index contributed by atoms with van der Waals surface area (Å²) in [5.74, 6) is 0.0407. The van der Waals surface area contributed by atoms with Crippen molar-refractivity contribution in [2.24, 2.45) is 11.1 Å². The van der Waals surface area contributed by atoms with Crippen LogP contribution in [0, 0.1) is 5.41 Å². The highest BCUT2D eigenvalue weighted by molar-refractivity contribution is 7.80. The van der Waals surface area contributed by atoms with Gasteiger partial charge in [-0.25, -0.2) is 0 Å². The lowest BCUT2D eigenvalue weighted by molar-refractivity contribution is -0.125. The number of rotatable bonds is 4. The zero-order valence-electron chi connectivity index (χ0n) is 12.9. The molecule has 4 heteroatoms. The number of hydrogen-bond donors (Lipinski definition) is 1. The normalized spacial score (nSPS) is 17.2. The first-order chi connectivity index (χ1) is 10.0. The monoisotopic (exact) mass is 304 g/mol. The molecule has 1 aliphatic rings. The Morgan fingerprint density at radius 1 is 1.24 bits per heavy atom. The van der Waals surface area contributed by atoms with Crippen LogP contribution in [0.2, 0.25) is 0 Å². The molecule has 0 saturated heterocycles. The van der Waals surface area contributed by atoms with Crippen molar-refractivity contribution < 1.29 is 4.79 Å². The second-order valence-corrected chi connectivity index (χ2v) is 6.33. The van der Waals surface area contributed by atoms with Crippen LogP contribution >= 0.6 is 12.2 Å². The molecular weight excluding hydrogens is 280 g/mol. The van der Waals surface area contributed by atoms with Gasteiger partial charge in [0.25, 0.3) is 0 Å². The van der Waals surface area contributed by atoms with Crippen LogP contribution in [-0.4, -0.2) is 17.9 Å². The maximum atomic E-state index is 13.0. The molecular formula is C17H24N2OS. The van der Waals surface area contributed by atoms with Crippen LogP contribution in [0.15, 0.2) is 24.3 Å². The van der Waals surface area contributed by atoms with E-state index in [1.807, 2.05) is 19.2 Å². The fourth-order valence-electron chi connectivity index (χ4n) is 3.11. The van der Waals surface area contributed by atoms with Crippen molar-refractivity contribution in [2.45, 2.75) is 45.4 Å². The first kappa shape index (κ1) is 16.0. The number of benzene rings is 1. The van der Waals surface area contributed by atoms with E-state index in [9.17, 15) is 4.79 Å². The number of amides is 1. The molecule has 1 amide bonds. The molecule has 0 spiro atoms. The number of nitrogens with zero attached hydrogens (tertiary/aromatic N) is 1. The lowest BCUT2D eigenvalue weighted by Gasteiger charge is -2.37. The predicted molar refractivity (Wildman–Crippen MR) is 91.5 cm³/mol. The molecule has 1 aromatic carbocycles. The number of aryl methyl sites for hydroxylation is 1. The Morgan fingerprint density at radius 3 is 2.29 bits per heavy atom. The number of thiocarbonyl (C=S) groups is 1. The average Bonchev–Trinajstić information content (AvgIpc) is 2.54. The van der Waals surface area contributed by atoms with Gasteiger partial charge in [0.15, 0.2) is 0 Å². The van der Waals surface area contributed by atoms with Crippen molar-refractivity contribution in [1.29, 1.82) is 0 Å². The van der Waals surface area contributed by atoms with Crippen LogP contribution in [0.4, 0.5) is 5.69 Å². The summed E-state index contributed by atoms with van der Waals surface area (Å²) in [6.07, 6.45) is 5.75. The molecule has 21 heavy (non-hydrogen) atoms. The molecule has 0 radical (unpaired) electrons. The van der Waals surface area contributed by atoms with Crippen LogP contribution in [0.1, 0.15) is 44.6 Å². The van der Waals surface area contributed by atoms with Gasteiger partial charge in [-0.2, -0.15) is 0 Å². The van der Waals surface area contributed by atoms with Crippen LogP contribution in [0.5, 0.6) is 0 Å². The zero-order chi connectivity index (χ0) is 15.5. The minimum Gasteiger partial charge on any atom is -0.392 e. The van der Waals surface area contributed by atoms with Crippen molar-refractivity contribution in [3.8, 4) is 0 Å². The summed E-state index contributed by atoms with van der Waals surface area (Å²) in [5.41, 5.74) is 7.47. The second-order valence-electron chi connectivity index (χ2n) is 5.89. The maximum Gasteiger partial charge on any atom is 0.239 e. The van der Waals surface area contributed by atoms with E-state index < -0.39 is 5.41 Å². The van der Waals surface area contributed by atoms with Crippen molar-refractivity contribution >= 4 is 28.8 Å². The number of anilines is 1. The van der Waals surface area contributed by atoms with E-state index in [0.717, 1.165) is 44.2 Å². The molecule has 0 aromatic heterocycles. The van der Waals surface area contributed by atoms with E-state index in [2.05, 4.69) is 19.1 Å². The molecule has 1 fully saturated rings. The molecule has 3 nitrogen and oxygen atoms in total. The third-order valence-corrected chi connectivity index (χ3v) is 5.02. The third kappa shape index (κ3) is 3.10. The van der Waals surface area contributed by atoms with Crippen LogP contribution < -0.4 is 10.6 Å². The summed E-state index contributed by atoms with van der Waals surface area (Å²) < 4.78 is 0. The van der Waals surface area contributed by atoms with Crippen molar-refractivity contribution in [3.05, 3.63) is 29.8 Å². The second kappa shape index (κ2) is 6.56. The first-order valence-electron chi connectivity index (χ1n) is 7.68. The Morgan fingerprint density at radius 2 is 1.81 bits per heavy atom. The van der Waals surface area contributed by atoms with Gasteiger partial charge in [-0.3, -0.25) is 4.79 Å². The van der Waals surface area contributed by atoms with E-state index in [0.29, 0.717) is 4.99 Å². The van der Waals surface area contributed by atoms with E-state index in [-0.39, 0.29) is 5.91 Å². The molecule has 0 bridgehead atoms. The molecule has 114 valence electrons. The minimum atomic E-state index is -0.647. The molecule has 1 aliphatic carbocycles. The van der Waals surface area contributed by atoms with Crippen molar-refractivity contribution in [3.63, 3.8) is 0 Å². The lowest BCUT2D eigenvalue weighted by Crippen LogP contribution is -2.50. The molecule has 1 saturated carbocycles. The Hall–Kier alpha value is -1.42. The van der Waals surface area contributed by atoms with Gasteiger partial charge in [-0.05, 0) is 37.0 Å². The highest BCUT2D eigenvalue weighted by Gasteiger charge is 2.44. The van der Waals surface area contributed by atoms with Gasteiger partial charge in [0.2, 0.25) is 5.91 Å². The highest BCUT2D eigenvalue weighted by Crippen LogP contribution is 2.39. The topological polar surface area (TPSA) is 46.3 Å². The summed E-state index contributed by atoms with van der Waals surface area (Å²) in [5, 5.41) is 0. The molecule has 2 N–H and O–H groups in total. The molecule has 0 aliphatic heterocycles. The van der Waals surface area contributed by atoms with Crippen LogP contribution in [-0.2, 0) is 11.2 Å². The number of carbonyl (C=O) groups excluding carboxylic acids is 1. The smallest absolute Gasteiger partial charge is 0.239 e. The van der Waals surface area contributed by atoms with Crippen molar-refractivity contribution in [2.75, 3.05) is 11.9 Å². The van der Waals surface area contributed by atoms with E-state index >= 15 is 0 Å². The molecule has 0 unspecified atom stereocenters. The van der Waals surface area contributed by atoms with E-state index in [4.69, 9.17) is 18.0 Å². The van der Waals surface area contributed by atoms with Gasteiger partial charge in [0, 0.05) is 12.7 Å². The summed E-state index contributed by atoms with van der Waals surface area (Å²) in [6, 6.07) is 8.11. The Balaban J connectivity index is 2.25. The van der Waals surface area contributed by atoms with Crippen LogP contribution in [0.3, 0.4) is 0 Å². The molecule has 0 heterocycles. The average molecular weight is 304 g/mol. The highest BCUT2D eigenvalue weighted by atomic mass is 32.1. The Bertz CT molecular complexity index is 518. The van der Waals surface area contributed by atoms with E-state index in [1.165, 1.54) is 5.56 Å². The van der Waals surface area contributed by atoms with E-state index in [1.54, 1.807) is 4.90 Å². The summed E-state index contributed by atoms with van der Waals surface area (Å²) in [6.45, 7) is 2.12. The molecule has 0 atom stereocenters. The van der Waals surface area contributed by atoms with Gasteiger partial charge in [-0.1, -0.05) is 50.5 Å². The fraction of sp³-hybridized carbons (Fsp3) is 0.529. The van der Waals surface area contributed by atoms with Gasteiger partial charge in [0.1, 0.15) is 0 Å². The molecule has 1 aromatic rings. The number of nitrogens with two attached hydrogens (primary N) is 1. The Kier molecular flexibility index (Phi) is 4.99. The SMILES string of the molecule is CCc1ccc(N(C)C(=O)C2(C(N)=S)CCCCC2)cc1. The third-order valence-electron chi connectivity index (χ3n) is 4.62. The van der Waals surface area contributed by atoms with Gasteiger partial charge in [0.05, 0.1) is 10.4 Å². The quantitative estimate of drug-likeness (QED) is 0.867. The van der Waals surface area contributed by atoms with Gasteiger partial charge >= 0.3 is 0 Å². The lowest BCUT2D eigenvalue weighted by atomic mass is 9.73. The summed E-state index contributed by atoms with van der Waals surface area (Å²) >= 11 is 5.24. The number of carbonyl (C=O) groups is 1. The van der Waals surface area contributed by atoms with Crippen LogP contribution in [0.25, 0.3) is 0 Å². The van der Waals surface area contributed by atoms with Gasteiger partial charge < -0.3 is 10.6 Å². The maximum absolute atomic E-state index is 13.0. The zero-order valence-corrected chi connectivity index (χ0v) is 13.7. The Labute approximate surface area is 132 Å². The fourth-order valence-corrected chi connectivity index (χ4v) is 3.41. The largest absolute Gasteiger partial charge is 0.392 e. The standard InChI is InChI=1S/C17H24N2OS/c1-3-13-7-9-14(10-8-13)19(2)16(20)17(15(18)21)11-5-4-6-12-17/h7-10H,3-6,11-12H2,1-2H3,(H2,18,21). The predicted octanol–water partition coefficient (Wildman–Crippen LogP) is 3.45.